The third-order valence-electron chi connectivity index (χ3n) is 3.25. The quantitative estimate of drug-likeness (QED) is 0.800. The molecular weight excluding hydrogens is 262 g/mol. The second-order valence-electron chi connectivity index (χ2n) is 4.65. The number of rotatable bonds is 5. The molecule has 0 spiro atoms. The molecule has 0 atom stereocenters. The van der Waals surface area contributed by atoms with Crippen molar-refractivity contribution in [2.45, 2.75) is 18.9 Å². The molecule has 0 bridgehead atoms. The van der Waals surface area contributed by atoms with Crippen molar-refractivity contribution < 1.29 is 19.4 Å². The Hall–Kier alpha value is -2.15. The summed E-state index contributed by atoms with van der Waals surface area (Å²) in [5.41, 5.74) is 6.34. The van der Waals surface area contributed by atoms with E-state index >= 15 is 0 Å². The summed E-state index contributed by atoms with van der Waals surface area (Å²) in [6, 6.07) is 3.49. The Labute approximate surface area is 116 Å². The number of amides is 1. The molecule has 1 fully saturated rings. The second-order valence-corrected chi connectivity index (χ2v) is 4.65. The molecule has 0 aromatic carbocycles. The molecule has 7 heteroatoms. The van der Waals surface area contributed by atoms with E-state index in [1.54, 1.807) is 12.3 Å². The summed E-state index contributed by atoms with van der Waals surface area (Å²) in [6.45, 7) is 1.23. The molecule has 2 heterocycles. The van der Waals surface area contributed by atoms with Gasteiger partial charge in [0.15, 0.2) is 0 Å². The van der Waals surface area contributed by atoms with E-state index in [1.165, 1.54) is 0 Å². The lowest BCUT2D eigenvalue weighted by atomic mass is 10.1. The number of carboxylic acid groups (broad SMARTS) is 1. The molecule has 1 aromatic heterocycles. The molecule has 0 unspecified atom stereocenters. The zero-order valence-electron chi connectivity index (χ0n) is 11.0. The summed E-state index contributed by atoms with van der Waals surface area (Å²) in [5.74, 6) is -1.50. The van der Waals surface area contributed by atoms with Crippen LogP contribution in [0.5, 0.6) is 0 Å². The summed E-state index contributed by atoms with van der Waals surface area (Å²) >= 11 is 0. The Morgan fingerprint density at radius 2 is 2.15 bits per heavy atom. The van der Waals surface area contributed by atoms with E-state index in [9.17, 15) is 9.59 Å². The Balaban J connectivity index is 1.92. The van der Waals surface area contributed by atoms with Gasteiger partial charge in [0.25, 0.3) is 5.91 Å². The van der Waals surface area contributed by atoms with Crippen LogP contribution in [0.2, 0.25) is 0 Å². The number of carboxylic acids is 1. The number of piperidine rings is 1. The normalized spacial score (nSPS) is 16.1. The molecular formula is C13H17N3O4. The Morgan fingerprint density at radius 1 is 1.45 bits per heavy atom. The minimum Gasteiger partial charge on any atom is -0.480 e. The van der Waals surface area contributed by atoms with E-state index in [0.717, 1.165) is 31.6 Å². The maximum atomic E-state index is 11.1. The maximum Gasteiger partial charge on any atom is 0.329 e. The Morgan fingerprint density at radius 3 is 2.75 bits per heavy atom. The number of pyridine rings is 1. The molecule has 3 N–H and O–H groups in total. The SMILES string of the molecule is NC(=O)c1cc(N2CCC(OCC(=O)O)CC2)ccn1. The number of aromatic nitrogens is 1. The second kappa shape index (κ2) is 6.33. The smallest absolute Gasteiger partial charge is 0.329 e. The highest BCUT2D eigenvalue weighted by molar-refractivity contribution is 5.91. The lowest BCUT2D eigenvalue weighted by Gasteiger charge is -2.33. The van der Waals surface area contributed by atoms with Crippen molar-refractivity contribution in [1.29, 1.82) is 0 Å². The minimum atomic E-state index is -0.951. The van der Waals surface area contributed by atoms with Gasteiger partial charge in [0.1, 0.15) is 12.3 Å². The van der Waals surface area contributed by atoms with Crippen LogP contribution in [-0.4, -0.2) is 47.8 Å². The molecule has 0 radical (unpaired) electrons. The molecule has 1 aromatic rings. The van der Waals surface area contributed by atoms with Gasteiger partial charge in [-0.05, 0) is 25.0 Å². The summed E-state index contributed by atoms with van der Waals surface area (Å²) < 4.78 is 5.28. The van der Waals surface area contributed by atoms with Crippen LogP contribution in [0.1, 0.15) is 23.3 Å². The Bertz CT molecular complexity index is 498. The predicted octanol–water partition coefficient (Wildman–Crippen LogP) is 0.251. The number of primary amides is 1. The number of hydrogen-bond acceptors (Lipinski definition) is 5. The topological polar surface area (TPSA) is 106 Å². The molecule has 1 aliphatic rings. The van der Waals surface area contributed by atoms with Crippen molar-refractivity contribution in [3.8, 4) is 0 Å². The van der Waals surface area contributed by atoms with Gasteiger partial charge in [0, 0.05) is 25.0 Å². The summed E-state index contributed by atoms with van der Waals surface area (Å²) in [7, 11) is 0. The monoisotopic (exact) mass is 279 g/mol. The number of nitrogens with two attached hydrogens (primary N) is 1. The van der Waals surface area contributed by atoms with Crippen molar-refractivity contribution in [1.82, 2.24) is 4.98 Å². The third-order valence-corrected chi connectivity index (χ3v) is 3.25. The van der Waals surface area contributed by atoms with Crippen molar-refractivity contribution in [3.05, 3.63) is 24.0 Å². The van der Waals surface area contributed by atoms with Crippen LogP contribution in [0, 0.1) is 0 Å². The fourth-order valence-corrected chi connectivity index (χ4v) is 2.22. The first-order valence-electron chi connectivity index (χ1n) is 6.40. The highest BCUT2D eigenvalue weighted by atomic mass is 16.5. The number of anilines is 1. The van der Waals surface area contributed by atoms with Gasteiger partial charge in [0.2, 0.25) is 0 Å². The molecule has 1 aliphatic heterocycles. The maximum absolute atomic E-state index is 11.1. The van der Waals surface area contributed by atoms with E-state index in [0.29, 0.717) is 0 Å². The van der Waals surface area contributed by atoms with Gasteiger partial charge in [-0.3, -0.25) is 9.78 Å². The molecule has 7 nitrogen and oxygen atoms in total. The van der Waals surface area contributed by atoms with E-state index < -0.39 is 11.9 Å². The van der Waals surface area contributed by atoms with Crippen LogP contribution in [-0.2, 0) is 9.53 Å². The first kappa shape index (κ1) is 14.3. The lowest BCUT2D eigenvalue weighted by Crippen LogP contribution is -2.37. The summed E-state index contributed by atoms with van der Waals surface area (Å²) in [5, 5.41) is 8.57. The van der Waals surface area contributed by atoms with Crippen LogP contribution >= 0.6 is 0 Å². The number of aliphatic carboxylic acids is 1. The van der Waals surface area contributed by atoms with Crippen molar-refractivity contribution in [2.24, 2.45) is 5.73 Å². The number of nitrogens with zero attached hydrogens (tertiary/aromatic N) is 2. The highest BCUT2D eigenvalue weighted by Crippen LogP contribution is 2.21. The largest absolute Gasteiger partial charge is 0.480 e. The van der Waals surface area contributed by atoms with Gasteiger partial charge in [-0.2, -0.15) is 0 Å². The van der Waals surface area contributed by atoms with Crippen molar-refractivity contribution in [2.75, 3.05) is 24.6 Å². The Kier molecular flexibility index (Phi) is 4.52. The third kappa shape index (κ3) is 3.67. The molecule has 20 heavy (non-hydrogen) atoms. The zero-order chi connectivity index (χ0) is 14.5. The van der Waals surface area contributed by atoms with Crippen molar-refractivity contribution in [3.63, 3.8) is 0 Å². The van der Waals surface area contributed by atoms with Crippen LogP contribution in [0.15, 0.2) is 18.3 Å². The van der Waals surface area contributed by atoms with Gasteiger partial charge in [-0.15, -0.1) is 0 Å². The van der Waals surface area contributed by atoms with E-state index in [4.69, 9.17) is 15.6 Å². The van der Waals surface area contributed by atoms with Crippen LogP contribution in [0.25, 0.3) is 0 Å². The molecule has 108 valence electrons. The standard InChI is InChI=1S/C13H17N3O4/c14-13(19)11-7-9(1-4-15-11)16-5-2-10(3-6-16)20-8-12(17)18/h1,4,7,10H,2-3,5-6,8H2,(H2,14,19)(H,17,18). The number of ether oxygens (including phenoxy) is 1. The summed E-state index contributed by atoms with van der Waals surface area (Å²) in [4.78, 5) is 27.6. The van der Waals surface area contributed by atoms with Gasteiger partial charge >= 0.3 is 5.97 Å². The van der Waals surface area contributed by atoms with Crippen LogP contribution in [0.3, 0.4) is 0 Å². The summed E-state index contributed by atoms with van der Waals surface area (Å²) in [6.07, 6.45) is 3.03. The van der Waals surface area contributed by atoms with Gasteiger partial charge in [-0.1, -0.05) is 0 Å². The van der Waals surface area contributed by atoms with Crippen molar-refractivity contribution >= 4 is 17.6 Å². The number of carbonyl (C=O) groups is 2. The zero-order valence-corrected chi connectivity index (χ0v) is 11.0. The molecule has 1 saturated heterocycles. The van der Waals surface area contributed by atoms with Crippen LogP contribution < -0.4 is 10.6 Å². The number of carbonyl (C=O) groups excluding carboxylic acids is 1. The molecule has 0 saturated carbocycles. The fourth-order valence-electron chi connectivity index (χ4n) is 2.22. The number of hydrogen-bond donors (Lipinski definition) is 2. The average Bonchev–Trinajstić information content (AvgIpc) is 2.46. The van der Waals surface area contributed by atoms with Gasteiger partial charge in [-0.25, -0.2) is 4.79 Å². The predicted molar refractivity (Wildman–Crippen MR) is 71.6 cm³/mol. The minimum absolute atomic E-state index is 0.0280. The van der Waals surface area contributed by atoms with E-state index in [2.05, 4.69) is 9.88 Å². The van der Waals surface area contributed by atoms with Crippen LogP contribution in [0.4, 0.5) is 5.69 Å². The van der Waals surface area contributed by atoms with Gasteiger partial charge < -0.3 is 20.5 Å². The molecule has 0 aliphatic carbocycles. The lowest BCUT2D eigenvalue weighted by molar-refractivity contribution is -0.144. The highest BCUT2D eigenvalue weighted by Gasteiger charge is 2.21. The first-order valence-corrected chi connectivity index (χ1v) is 6.40. The molecule has 1 amide bonds. The first-order chi connectivity index (χ1) is 9.56. The van der Waals surface area contributed by atoms with E-state index in [1.807, 2.05) is 6.07 Å². The molecule has 2 rings (SSSR count). The average molecular weight is 279 g/mol. The van der Waals surface area contributed by atoms with Gasteiger partial charge in [0.05, 0.1) is 6.10 Å². The van der Waals surface area contributed by atoms with E-state index in [-0.39, 0.29) is 18.4 Å². The fraction of sp³-hybridized carbons (Fsp3) is 0.462.